The average molecular weight is 411 g/mol. The normalized spacial score (nSPS) is 11.1. The Morgan fingerprint density at radius 3 is 2.42 bits per heavy atom. The van der Waals surface area contributed by atoms with Gasteiger partial charge in [0.2, 0.25) is 0 Å². The van der Waals surface area contributed by atoms with Crippen molar-refractivity contribution in [1.29, 1.82) is 0 Å². The van der Waals surface area contributed by atoms with Gasteiger partial charge in [0.25, 0.3) is 0 Å². The molecule has 130 valence electrons. The molecule has 0 atom stereocenters. The first kappa shape index (κ1) is 19.3. The standard InChI is InChI=1S/C20H25BrClNO/c1-4-23(5-2)14-18-15(7-6-8-19(18)22)9-10-16-13-17(21)11-12-20(16)24-3/h6-8,11-13H,4-5,9-10,14H2,1-3H3. The van der Waals surface area contributed by atoms with Crippen molar-refractivity contribution in [1.82, 2.24) is 4.90 Å². The summed E-state index contributed by atoms with van der Waals surface area (Å²) < 4.78 is 6.56. The molecular formula is C20H25BrClNO. The summed E-state index contributed by atoms with van der Waals surface area (Å²) in [5, 5.41) is 0.862. The highest BCUT2D eigenvalue weighted by molar-refractivity contribution is 9.10. The molecule has 0 saturated heterocycles. The zero-order chi connectivity index (χ0) is 17.5. The zero-order valence-corrected chi connectivity index (χ0v) is 17.0. The van der Waals surface area contributed by atoms with Crippen LogP contribution < -0.4 is 4.74 Å². The number of halogens is 2. The third-order valence-electron chi connectivity index (χ3n) is 4.40. The fourth-order valence-corrected chi connectivity index (χ4v) is 3.56. The molecule has 0 unspecified atom stereocenters. The highest BCUT2D eigenvalue weighted by Gasteiger charge is 2.12. The van der Waals surface area contributed by atoms with Gasteiger partial charge in [0.05, 0.1) is 7.11 Å². The molecule has 0 spiro atoms. The minimum absolute atomic E-state index is 0.862. The maximum absolute atomic E-state index is 6.49. The fourth-order valence-electron chi connectivity index (χ4n) is 2.90. The highest BCUT2D eigenvalue weighted by atomic mass is 79.9. The Hall–Kier alpha value is -1.03. The van der Waals surface area contributed by atoms with Gasteiger partial charge in [0.15, 0.2) is 0 Å². The van der Waals surface area contributed by atoms with Gasteiger partial charge < -0.3 is 4.74 Å². The van der Waals surface area contributed by atoms with Gasteiger partial charge in [0, 0.05) is 16.0 Å². The lowest BCUT2D eigenvalue weighted by atomic mass is 9.99. The highest BCUT2D eigenvalue weighted by Crippen LogP contribution is 2.27. The molecule has 0 fully saturated rings. The molecule has 0 heterocycles. The first-order chi connectivity index (χ1) is 11.6. The van der Waals surface area contributed by atoms with Gasteiger partial charge in [0.1, 0.15) is 5.75 Å². The summed E-state index contributed by atoms with van der Waals surface area (Å²) in [6, 6.07) is 12.4. The van der Waals surface area contributed by atoms with Gasteiger partial charge in [-0.05, 0) is 66.9 Å². The van der Waals surface area contributed by atoms with E-state index in [1.807, 2.05) is 24.3 Å². The number of benzene rings is 2. The molecule has 0 amide bonds. The number of rotatable bonds is 8. The van der Waals surface area contributed by atoms with Gasteiger partial charge in [-0.1, -0.05) is 53.5 Å². The van der Waals surface area contributed by atoms with Crippen molar-refractivity contribution in [3.8, 4) is 5.75 Å². The second kappa shape index (κ2) is 9.45. The molecular weight excluding hydrogens is 386 g/mol. The monoisotopic (exact) mass is 409 g/mol. The molecule has 2 aromatic rings. The molecule has 2 nitrogen and oxygen atoms in total. The average Bonchev–Trinajstić information content (AvgIpc) is 2.59. The Bertz CT molecular complexity index is 671. The first-order valence-electron chi connectivity index (χ1n) is 8.40. The number of aryl methyl sites for hydroxylation is 2. The molecule has 0 aromatic heterocycles. The number of hydrogen-bond acceptors (Lipinski definition) is 2. The van der Waals surface area contributed by atoms with Crippen LogP contribution in [-0.4, -0.2) is 25.1 Å². The van der Waals surface area contributed by atoms with Gasteiger partial charge in [-0.25, -0.2) is 0 Å². The van der Waals surface area contributed by atoms with E-state index in [4.69, 9.17) is 16.3 Å². The Labute approximate surface area is 158 Å². The second-order valence-electron chi connectivity index (χ2n) is 5.80. The summed E-state index contributed by atoms with van der Waals surface area (Å²) in [5.74, 6) is 0.936. The lowest BCUT2D eigenvalue weighted by Crippen LogP contribution is -2.23. The van der Waals surface area contributed by atoms with Crippen molar-refractivity contribution in [2.45, 2.75) is 33.2 Å². The molecule has 0 bridgehead atoms. The lowest BCUT2D eigenvalue weighted by Gasteiger charge is -2.21. The number of hydrogen-bond donors (Lipinski definition) is 0. The second-order valence-corrected chi connectivity index (χ2v) is 7.12. The van der Waals surface area contributed by atoms with Crippen LogP contribution in [0.2, 0.25) is 5.02 Å². The zero-order valence-electron chi connectivity index (χ0n) is 14.6. The summed E-state index contributed by atoms with van der Waals surface area (Å²) in [7, 11) is 1.72. The maximum atomic E-state index is 6.49. The van der Waals surface area contributed by atoms with E-state index in [1.165, 1.54) is 16.7 Å². The Morgan fingerprint density at radius 1 is 1.04 bits per heavy atom. The van der Waals surface area contributed by atoms with Crippen LogP contribution in [0.4, 0.5) is 0 Å². The molecule has 0 aliphatic heterocycles. The van der Waals surface area contributed by atoms with Crippen molar-refractivity contribution in [2.75, 3.05) is 20.2 Å². The summed E-state index contributed by atoms with van der Waals surface area (Å²) in [6.45, 7) is 7.33. The Balaban J connectivity index is 2.21. The third-order valence-corrected chi connectivity index (χ3v) is 5.25. The van der Waals surface area contributed by atoms with E-state index in [0.29, 0.717) is 0 Å². The fraction of sp³-hybridized carbons (Fsp3) is 0.400. The molecule has 0 aliphatic carbocycles. The van der Waals surface area contributed by atoms with E-state index >= 15 is 0 Å². The van der Waals surface area contributed by atoms with Crippen LogP contribution in [0.5, 0.6) is 5.75 Å². The van der Waals surface area contributed by atoms with Gasteiger partial charge in [-0.3, -0.25) is 4.90 Å². The van der Waals surface area contributed by atoms with Crippen molar-refractivity contribution in [2.24, 2.45) is 0 Å². The van der Waals surface area contributed by atoms with E-state index < -0.39 is 0 Å². The molecule has 4 heteroatoms. The third kappa shape index (κ3) is 4.98. The van der Waals surface area contributed by atoms with Crippen LogP contribution >= 0.6 is 27.5 Å². The van der Waals surface area contributed by atoms with Gasteiger partial charge >= 0.3 is 0 Å². The molecule has 0 radical (unpaired) electrons. The maximum Gasteiger partial charge on any atom is 0.122 e. The van der Waals surface area contributed by atoms with Crippen LogP contribution in [0.1, 0.15) is 30.5 Å². The van der Waals surface area contributed by atoms with E-state index in [-0.39, 0.29) is 0 Å². The molecule has 2 aromatic carbocycles. The summed E-state index contributed by atoms with van der Waals surface area (Å²) in [5.41, 5.74) is 3.77. The minimum atomic E-state index is 0.862. The van der Waals surface area contributed by atoms with Crippen LogP contribution in [0.15, 0.2) is 40.9 Å². The summed E-state index contributed by atoms with van der Waals surface area (Å²) >= 11 is 10.0. The van der Waals surface area contributed by atoms with Crippen LogP contribution in [-0.2, 0) is 19.4 Å². The Morgan fingerprint density at radius 2 is 1.75 bits per heavy atom. The van der Waals surface area contributed by atoms with Gasteiger partial charge in [-0.15, -0.1) is 0 Å². The quantitative estimate of drug-likeness (QED) is 0.550. The Kier molecular flexibility index (Phi) is 7.60. The van der Waals surface area contributed by atoms with Crippen molar-refractivity contribution in [3.63, 3.8) is 0 Å². The number of nitrogens with zero attached hydrogens (tertiary/aromatic N) is 1. The smallest absolute Gasteiger partial charge is 0.122 e. The van der Waals surface area contributed by atoms with Crippen LogP contribution in [0.25, 0.3) is 0 Å². The van der Waals surface area contributed by atoms with Crippen molar-refractivity contribution < 1.29 is 4.74 Å². The van der Waals surface area contributed by atoms with E-state index in [9.17, 15) is 0 Å². The number of ether oxygens (including phenoxy) is 1. The molecule has 2 rings (SSSR count). The summed E-state index contributed by atoms with van der Waals surface area (Å²) in [6.07, 6.45) is 1.87. The topological polar surface area (TPSA) is 12.5 Å². The largest absolute Gasteiger partial charge is 0.496 e. The van der Waals surface area contributed by atoms with Crippen molar-refractivity contribution in [3.05, 3.63) is 62.6 Å². The molecule has 24 heavy (non-hydrogen) atoms. The van der Waals surface area contributed by atoms with Crippen molar-refractivity contribution >= 4 is 27.5 Å². The predicted molar refractivity (Wildman–Crippen MR) is 106 cm³/mol. The van der Waals surface area contributed by atoms with E-state index in [1.54, 1.807) is 7.11 Å². The molecule has 0 N–H and O–H groups in total. The van der Waals surface area contributed by atoms with E-state index in [2.05, 4.69) is 46.8 Å². The minimum Gasteiger partial charge on any atom is -0.496 e. The first-order valence-corrected chi connectivity index (χ1v) is 9.57. The lowest BCUT2D eigenvalue weighted by molar-refractivity contribution is 0.295. The summed E-state index contributed by atoms with van der Waals surface area (Å²) in [4.78, 5) is 2.39. The predicted octanol–water partition coefficient (Wildman–Crippen LogP) is 5.74. The van der Waals surface area contributed by atoms with Crippen LogP contribution in [0.3, 0.4) is 0 Å². The van der Waals surface area contributed by atoms with E-state index in [0.717, 1.165) is 47.7 Å². The number of methoxy groups -OCH3 is 1. The molecule has 0 aliphatic rings. The molecule has 0 saturated carbocycles. The van der Waals surface area contributed by atoms with Gasteiger partial charge in [-0.2, -0.15) is 0 Å². The SMILES string of the molecule is CCN(CC)Cc1c(Cl)cccc1CCc1cc(Br)ccc1OC. The van der Waals surface area contributed by atoms with Crippen LogP contribution in [0, 0.1) is 0 Å².